The lowest BCUT2D eigenvalue weighted by molar-refractivity contribution is -0.113. The fourth-order valence-corrected chi connectivity index (χ4v) is 5.34. The Kier molecular flexibility index (Phi) is 8.97. The van der Waals surface area contributed by atoms with Gasteiger partial charge in [0.1, 0.15) is 5.82 Å². The molecule has 0 aliphatic heterocycles. The van der Waals surface area contributed by atoms with Gasteiger partial charge in [0.05, 0.1) is 22.9 Å². The minimum atomic E-state index is -3.61. The highest BCUT2D eigenvalue weighted by Gasteiger charge is 2.19. The summed E-state index contributed by atoms with van der Waals surface area (Å²) in [6, 6.07) is 19.1. The number of benzene rings is 3. The van der Waals surface area contributed by atoms with Gasteiger partial charge in [0, 0.05) is 25.3 Å². The molecule has 4 aromatic rings. The highest BCUT2D eigenvalue weighted by molar-refractivity contribution is 7.99. The number of anilines is 1. The van der Waals surface area contributed by atoms with Crippen LogP contribution in [0, 0.1) is 12.7 Å². The van der Waals surface area contributed by atoms with Gasteiger partial charge in [-0.15, -0.1) is 10.2 Å². The Morgan fingerprint density at radius 3 is 2.40 bits per heavy atom. The second-order valence-corrected chi connectivity index (χ2v) is 12.0. The number of thioether (sulfide) groups is 1. The standard InChI is InChI=1S/C27H27FN6O4S2/c1-18-7-6-8-20(15-18)34-24(16-29-26(36)19-11-13-21(14-12-19)40(37,38)33(2)3)31-32-27(34)39-17-25(35)30-23-10-5-4-9-22(23)28/h4-15H,16-17H2,1-3H3,(H,29,36)(H,30,35). The number of sulfonamides is 1. The van der Waals surface area contributed by atoms with Crippen molar-refractivity contribution in [2.45, 2.75) is 23.5 Å². The van der Waals surface area contributed by atoms with E-state index in [-0.39, 0.29) is 28.4 Å². The number of nitrogens with zero attached hydrogens (tertiary/aromatic N) is 4. The Morgan fingerprint density at radius 1 is 1.00 bits per heavy atom. The number of aromatic nitrogens is 3. The van der Waals surface area contributed by atoms with Gasteiger partial charge in [0.15, 0.2) is 11.0 Å². The highest BCUT2D eigenvalue weighted by Crippen LogP contribution is 2.24. The van der Waals surface area contributed by atoms with E-state index in [1.807, 2.05) is 31.2 Å². The van der Waals surface area contributed by atoms with Crippen molar-refractivity contribution in [1.82, 2.24) is 24.4 Å². The Labute approximate surface area is 235 Å². The molecule has 0 aliphatic carbocycles. The number of para-hydroxylation sites is 1. The molecule has 1 heterocycles. The van der Waals surface area contributed by atoms with Crippen LogP contribution in [0.5, 0.6) is 0 Å². The predicted molar refractivity (Wildman–Crippen MR) is 150 cm³/mol. The second kappa shape index (κ2) is 12.4. The Bertz CT molecular complexity index is 1640. The lowest BCUT2D eigenvalue weighted by Gasteiger charge is -2.13. The van der Waals surface area contributed by atoms with E-state index in [1.54, 1.807) is 10.6 Å². The molecule has 2 amide bonds. The summed E-state index contributed by atoms with van der Waals surface area (Å²) < 4.78 is 41.3. The summed E-state index contributed by atoms with van der Waals surface area (Å²) in [6.45, 7) is 1.95. The number of nitrogens with one attached hydrogen (secondary N) is 2. The number of halogens is 1. The highest BCUT2D eigenvalue weighted by atomic mass is 32.2. The molecule has 0 spiro atoms. The van der Waals surface area contributed by atoms with Crippen LogP contribution >= 0.6 is 11.8 Å². The first-order chi connectivity index (χ1) is 19.1. The monoisotopic (exact) mass is 582 g/mol. The van der Waals surface area contributed by atoms with E-state index < -0.39 is 27.7 Å². The molecule has 0 fully saturated rings. The van der Waals surface area contributed by atoms with Gasteiger partial charge < -0.3 is 10.6 Å². The zero-order valence-electron chi connectivity index (χ0n) is 22.0. The maximum absolute atomic E-state index is 13.9. The van der Waals surface area contributed by atoms with Crippen molar-refractivity contribution < 1.29 is 22.4 Å². The summed E-state index contributed by atoms with van der Waals surface area (Å²) in [5.74, 6) is -1.000. The molecule has 0 saturated heterocycles. The molecule has 0 unspecified atom stereocenters. The first-order valence-electron chi connectivity index (χ1n) is 12.1. The van der Waals surface area contributed by atoms with E-state index in [0.29, 0.717) is 11.0 Å². The molecule has 10 nitrogen and oxygen atoms in total. The first-order valence-corrected chi connectivity index (χ1v) is 14.5. The number of amides is 2. The molecule has 0 atom stereocenters. The van der Waals surface area contributed by atoms with Gasteiger partial charge >= 0.3 is 0 Å². The van der Waals surface area contributed by atoms with Gasteiger partial charge in [-0.1, -0.05) is 36.0 Å². The quantitative estimate of drug-likeness (QED) is 0.274. The average Bonchev–Trinajstić information content (AvgIpc) is 3.34. The fourth-order valence-electron chi connectivity index (χ4n) is 3.66. The normalized spacial score (nSPS) is 11.4. The molecule has 4 rings (SSSR count). The van der Waals surface area contributed by atoms with Crippen molar-refractivity contribution in [3.05, 3.63) is 95.6 Å². The number of hydrogen-bond donors (Lipinski definition) is 2. The number of aryl methyl sites for hydroxylation is 1. The lowest BCUT2D eigenvalue weighted by Crippen LogP contribution is -2.25. The third-order valence-corrected chi connectivity index (χ3v) is 8.50. The van der Waals surface area contributed by atoms with Crippen LogP contribution in [-0.4, -0.2) is 59.2 Å². The molecule has 13 heteroatoms. The Morgan fingerprint density at radius 2 is 1.73 bits per heavy atom. The zero-order valence-corrected chi connectivity index (χ0v) is 23.6. The molecule has 40 heavy (non-hydrogen) atoms. The van der Waals surface area contributed by atoms with E-state index in [0.717, 1.165) is 27.3 Å². The number of carbonyl (C=O) groups excluding carboxylic acids is 2. The summed E-state index contributed by atoms with van der Waals surface area (Å²) in [6.07, 6.45) is 0. The smallest absolute Gasteiger partial charge is 0.251 e. The molecule has 208 valence electrons. The third kappa shape index (κ3) is 6.73. The molecule has 1 aromatic heterocycles. The van der Waals surface area contributed by atoms with Crippen LogP contribution in [0.4, 0.5) is 10.1 Å². The van der Waals surface area contributed by atoms with Crippen LogP contribution in [0.1, 0.15) is 21.7 Å². The van der Waals surface area contributed by atoms with Crippen molar-refractivity contribution in [3.63, 3.8) is 0 Å². The van der Waals surface area contributed by atoms with Crippen LogP contribution in [0.15, 0.2) is 82.8 Å². The largest absolute Gasteiger partial charge is 0.345 e. The van der Waals surface area contributed by atoms with E-state index in [9.17, 15) is 22.4 Å². The SMILES string of the molecule is Cc1cccc(-n2c(CNC(=O)c3ccc(S(=O)(=O)N(C)C)cc3)nnc2SCC(=O)Nc2ccccc2F)c1. The van der Waals surface area contributed by atoms with E-state index in [1.165, 1.54) is 56.6 Å². The Hall–Kier alpha value is -4.07. The van der Waals surface area contributed by atoms with Crippen LogP contribution in [-0.2, 0) is 21.4 Å². The molecule has 3 aromatic carbocycles. The molecule has 2 N–H and O–H groups in total. The number of rotatable bonds is 10. The van der Waals surface area contributed by atoms with Gasteiger partial charge in [-0.25, -0.2) is 17.1 Å². The average molecular weight is 583 g/mol. The van der Waals surface area contributed by atoms with Gasteiger partial charge in [-0.3, -0.25) is 14.2 Å². The summed E-state index contributed by atoms with van der Waals surface area (Å²) in [4.78, 5) is 25.4. The molecular weight excluding hydrogens is 555 g/mol. The summed E-state index contributed by atoms with van der Waals surface area (Å²) in [5, 5.41) is 14.2. The maximum Gasteiger partial charge on any atom is 0.251 e. The summed E-state index contributed by atoms with van der Waals surface area (Å²) in [7, 11) is -0.747. The topological polar surface area (TPSA) is 126 Å². The lowest BCUT2D eigenvalue weighted by atomic mass is 10.2. The van der Waals surface area contributed by atoms with E-state index >= 15 is 0 Å². The van der Waals surface area contributed by atoms with Crippen molar-refractivity contribution in [2.24, 2.45) is 0 Å². The summed E-state index contributed by atoms with van der Waals surface area (Å²) >= 11 is 1.12. The van der Waals surface area contributed by atoms with E-state index in [2.05, 4.69) is 20.8 Å². The van der Waals surface area contributed by atoms with E-state index in [4.69, 9.17) is 0 Å². The van der Waals surface area contributed by atoms with Crippen molar-refractivity contribution >= 4 is 39.3 Å². The minimum Gasteiger partial charge on any atom is -0.345 e. The third-order valence-electron chi connectivity index (χ3n) is 5.74. The van der Waals surface area contributed by atoms with Crippen LogP contribution in [0.2, 0.25) is 0 Å². The van der Waals surface area contributed by atoms with Crippen LogP contribution in [0.3, 0.4) is 0 Å². The first kappa shape index (κ1) is 28.9. The fraction of sp³-hybridized carbons (Fsp3) is 0.185. The van der Waals surface area contributed by atoms with Crippen molar-refractivity contribution in [3.8, 4) is 5.69 Å². The molecule has 0 bridgehead atoms. The minimum absolute atomic E-state index is 0.0134. The maximum atomic E-state index is 13.9. The Balaban J connectivity index is 1.50. The molecule has 0 radical (unpaired) electrons. The second-order valence-electron chi connectivity index (χ2n) is 8.88. The molecular formula is C27H27FN6O4S2. The van der Waals surface area contributed by atoms with Gasteiger partial charge in [0.2, 0.25) is 15.9 Å². The van der Waals surface area contributed by atoms with Crippen molar-refractivity contribution in [1.29, 1.82) is 0 Å². The summed E-state index contributed by atoms with van der Waals surface area (Å²) in [5.41, 5.74) is 2.09. The van der Waals surface area contributed by atoms with Crippen molar-refractivity contribution in [2.75, 3.05) is 25.2 Å². The number of hydrogen-bond acceptors (Lipinski definition) is 7. The van der Waals surface area contributed by atoms with Crippen LogP contribution in [0.25, 0.3) is 5.69 Å². The van der Waals surface area contributed by atoms with Gasteiger partial charge in [-0.2, -0.15) is 0 Å². The number of carbonyl (C=O) groups is 2. The predicted octanol–water partition coefficient (Wildman–Crippen LogP) is 3.63. The zero-order chi connectivity index (χ0) is 28.9. The molecule has 0 aliphatic rings. The van der Waals surface area contributed by atoms with Gasteiger partial charge in [0.25, 0.3) is 5.91 Å². The van der Waals surface area contributed by atoms with Gasteiger partial charge in [-0.05, 0) is 61.0 Å². The molecule has 0 saturated carbocycles. The van der Waals surface area contributed by atoms with Crippen LogP contribution < -0.4 is 10.6 Å².